The van der Waals surface area contributed by atoms with Gasteiger partial charge in [-0.05, 0) is 6.42 Å². The molecule has 0 aromatic heterocycles. The molecule has 0 aromatic carbocycles. The monoisotopic (exact) mass is 136 g/mol. The smallest absolute Gasteiger partial charge is 0.166 e. The summed E-state index contributed by atoms with van der Waals surface area (Å²) >= 11 is 0. The zero-order valence-corrected chi connectivity index (χ0v) is 6.57. The van der Waals surface area contributed by atoms with Crippen LogP contribution in [0.15, 0.2) is 0 Å². The van der Waals surface area contributed by atoms with Crippen molar-refractivity contribution >= 4 is 8.38 Å². The standard InChI is InChI=1S/C5H13O2P/c1-4-5-7-8(3)6-2/h4-5H2,1-3H3. The molecule has 0 aliphatic rings. The van der Waals surface area contributed by atoms with Gasteiger partial charge in [-0.3, -0.25) is 0 Å². The van der Waals surface area contributed by atoms with E-state index in [1.807, 2.05) is 6.66 Å². The van der Waals surface area contributed by atoms with Gasteiger partial charge >= 0.3 is 0 Å². The summed E-state index contributed by atoms with van der Waals surface area (Å²) in [5.41, 5.74) is 0. The minimum absolute atomic E-state index is 0.584. The third kappa shape index (κ3) is 4.51. The Kier molecular flexibility index (Phi) is 5.73. The first-order chi connectivity index (χ1) is 3.81. The average molecular weight is 136 g/mol. The molecule has 0 bridgehead atoms. The maximum Gasteiger partial charge on any atom is 0.166 e. The van der Waals surface area contributed by atoms with Crippen molar-refractivity contribution in [1.29, 1.82) is 0 Å². The van der Waals surface area contributed by atoms with Crippen LogP contribution in [0.25, 0.3) is 0 Å². The second-order valence-electron chi connectivity index (χ2n) is 1.46. The highest BCUT2D eigenvalue weighted by Crippen LogP contribution is 2.31. The molecule has 0 aliphatic carbocycles. The fourth-order valence-electron chi connectivity index (χ4n) is 0.273. The molecule has 1 atom stereocenters. The summed E-state index contributed by atoms with van der Waals surface area (Å²) in [6.07, 6.45) is 1.07. The molecular formula is C5H13O2P. The van der Waals surface area contributed by atoms with E-state index in [0.29, 0.717) is 0 Å². The van der Waals surface area contributed by atoms with Crippen molar-refractivity contribution in [2.45, 2.75) is 13.3 Å². The topological polar surface area (TPSA) is 18.5 Å². The zero-order valence-electron chi connectivity index (χ0n) is 5.68. The minimum Gasteiger partial charge on any atom is -0.338 e. The highest BCUT2D eigenvalue weighted by molar-refractivity contribution is 7.46. The summed E-state index contributed by atoms with van der Waals surface area (Å²) in [4.78, 5) is 0. The molecule has 8 heavy (non-hydrogen) atoms. The van der Waals surface area contributed by atoms with Crippen molar-refractivity contribution in [3.63, 3.8) is 0 Å². The SMILES string of the molecule is CCCOP(C)OC. The van der Waals surface area contributed by atoms with Crippen LogP contribution in [0, 0.1) is 0 Å². The molecule has 0 aromatic rings. The molecule has 0 amide bonds. The van der Waals surface area contributed by atoms with Crippen LogP contribution in [0.2, 0.25) is 0 Å². The van der Waals surface area contributed by atoms with Crippen LogP contribution in [0.1, 0.15) is 13.3 Å². The van der Waals surface area contributed by atoms with E-state index in [9.17, 15) is 0 Å². The van der Waals surface area contributed by atoms with E-state index in [1.54, 1.807) is 7.11 Å². The summed E-state index contributed by atoms with van der Waals surface area (Å²) in [6.45, 7) is 4.85. The van der Waals surface area contributed by atoms with Crippen LogP contribution < -0.4 is 0 Å². The van der Waals surface area contributed by atoms with Crippen molar-refractivity contribution in [3.8, 4) is 0 Å². The van der Waals surface area contributed by atoms with Crippen LogP contribution in [-0.4, -0.2) is 20.4 Å². The Bertz CT molecular complexity index is 49.7. The predicted octanol–water partition coefficient (Wildman–Crippen LogP) is 2.00. The second-order valence-corrected chi connectivity index (χ2v) is 2.96. The predicted molar refractivity (Wildman–Crippen MR) is 36.1 cm³/mol. The van der Waals surface area contributed by atoms with Gasteiger partial charge in [-0.25, -0.2) is 0 Å². The van der Waals surface area contributed by atoms with E-state index < -0.39 is 8.38 Å². The van der Waals surface area contributed by atoms with Crippen molar-refractivity contribution in [3.05, 3.63) is 0 Å². The quantitative estimate of drug-likeness (QED) is 0.550. The number of hydrogen-bond donors (Lipinski definition) is 0. The molecular weight excluding hydrogens is 123 g/mol. The molecule has 0 heterocycles. The number of hydrogen-bond acceptors (Lipinski definition) is 2. The highest BCUT2D eigenvalue weighted by Gasteiger charge is 1.95. The van der Waals surface area contributed by atoms with Gasteiger partial charge in [0.05, 0.1) is 6.61 Å². The van der Waals surface area contributed by atoms with Crippen LogP contribution in [0.4, 0.5) is 0 Å². The zero-order chi connectivity index (χ0) is 6.41. The average Bonchev–Trinajstić information content (AvgIpc) is 1.83. The van der Waals surface area contributed by atoms with E-state index in [1.165, 1.54) is 0 Å². The van der Waals surface area contributed by atoms with Crippen molar-refractivity contribution in [1.82, 2.24) is 0 Å². The molecule has 0 N–H and O–H groups in total. The molecule has 0 rings (SSSR count). The largest absolute Gasteiger partial charge is 0.338 e. The Balaban J connectivity index is 2.86. The summed E-state index contributed by atoms with van der Waals surface area (Å²) < 4.78 is 10.1. The fraction of sp³-hybridized carbons (Fsp3) is 1.00. The first kappa shape index (κ1) is 8.35. The van der Waals surface area contributed by atoms with Gasteiger partial charge in [0, 0.05) is 13.8 Å². The Hall–Kier alpha value is 0.350. The lowest BCUT2D eigenvalue weighted by Gasteiger charge is -2.06. The van der Waals surface area contributed by atoms with Gasteiger partial charge in [0.1, 0.15) is 0 Å². The molecule has 0 saturated carbocycles. The van der Waals surface area contributed by atoms with E-state index in [-0.39, 0.29) is 0 Å². The van der Waals surface area contributed by atoms with Crippen LogP contribution >= 0.6 is 8.38 Å². The lowest BCUT2D eigenvalue weighted by Crippen LogP contribution is -1.86. The van der Waals surface area contributed by atoms with Crippen molar-refractivity contribution in [2.75, 3.05) is 20.4 Å². The van der Waals surface area contributed by atoms with Crippen LogP contribution in [-0.2, 0) is 9.05 Å². The molecule has 50 valence electrons. The van der Waals surface area contributed by atoms with Gasteiger partial charge in [0.15, 0.2) is 8.38 Å². The Morgan fingerprint density at radius 3 is 2.50 bits per heavy atom. The summed E-state index contributed by atoms with van der Waals surface area (Å²) in [5, 5.41) is 0. The molecule has 0 spiro atoms. The maximum absolute atomic E-state index is 5.18. The van der Waals surface area contributed by atoms with Gasteiger partial charge in [-0.2, -0.15) is 0 Å². The van der Waals surface area contributed by atoms with Crippen LogP contribution in [0.5, 0.6) is 0 Å². The van der Waals surface area contributed by atoms with E-state index in [2.05, 4.69) is 6.92 Å². The lowest BCUT2D eigenvalue weighted by molar-refractivity contribution is 0.288. The molecule has 0 aliphatic heterocycles. The molecule has 2 nitrogen and oxygen atoms in total. The van der Waals surface area contributed by atoms with Gasteiger partial charge in [0.2, 0.25) is 0 Å². The Labute approximate surface area is 52.1 Å². The van der Waals surface area contributed by atoms with E-state index in [4.69, 9.17) is 9.05 Å². The maximum atomic E-state index is 5.18. The lowest BCUT2D eigenvalue weighted by atomic mass is 10.5. The van der Waals surface area contributed by atoms with Crippen molar-refractivity contribution < 1.29 is 9.05 Å². The van der Waals surface area contributed by atoms with Gasteiger partial charge in [-0.15, -0.1) is 0 Å². The highest BCUT2D eigenvalue weighted by atomic mass is 31.2. The van der Waals surface area contributed by atoms with Gasteiger partial charge < -0.3 is 9.05 Å². The Morgan fingerprint density at radius 2 is 2.12 bits per heavy atom. The molecule has 0 saturated heterocycles. The second kappa shape index (κ2) is 5.49. The van der Waals surface area contributed by atoms with E-state index in [0.717, 1.165) is 13.0 Å². The third-order valence-electron chi connectivity index (χ3n) is 0.734. The van der Waals surface area contributed by atoms with Crippen molar-refractivity contribution in [2.24, 2.45) is 0 Å². The molecule has 3 heteroatoms. The minimum atomic E-state index is -0.584. The van der Waals surface area contributed by atoms with Gasteiger partial charge in [-0.1, -0.05) is 6.92 Å². The van der Waals surface area contributed by atoms with Crippen LogP contribution in [0.3, 0.4) is 0 Å². The summed E-state index contributed by atoms with van der Waals surface area (Å²) in [5.74, 6) is 0. The fourth-order valence-corrected chi connectivity index (χ4v) is 0.818. The first-order valence-corrected chi connectivity index (χ1v) is 4.34. The Morgan fingerprint density at radius 1 is 1.50 bits per heavy atom. The van der Waals surface area contributed by atoms with E-state index >= 15 is 0 Å². The van der Waals surface area contributed by atoms with Gasteiger partial charge in [0.25, 0.3) is 0 Å². The molecule has 0 fully saturated rings. The first-order valence-electron chi connectivity index (χ1n) is 2.72. The normalized spacial score (nSPS) is 13.9. The third-order valence-corrected chi connectivity index (χ3v) is 1.79. The molecule has 1 unspecified atom stereocenters. The number of rotatable bonds is 4. The molecule has 0 radical (unpaired) electrons. The summed E-state index contributed by atoms with van der Waals surface area (Å²) in [6, 6.07) is 0. The summed E-state index contributed by atoms with van der Waals surface area (Å²) in [7, 11) is 1.08.